The molecule has 5 rings (SSSR count). The maximum atomic E-state index is 14.1. The smallest absolute Gasteiger partial charge is 0.338 e. The number of fused-ring (bicyclic) bond motifs is 3. The van der Waals surface area contributed by atoms with Gasteiger partial charge in [0, 0.05) is 22.4 Å². The number of ketones is 4. The number of phenolic OH excluding ortho intramolecular Hbond substituents is 1. The van der Waals surface area contributed by atoms with Gasteiger partial charge in [-0.2, -0.15) is 0 Å². The first-order valence-electron chi connectivity index (χ1n) is 12.4. The van der Waals surface area contributed by atoms with Crippen LogP contribution in [-0.4, -0.2) is 75.9 Å². The van der Waals surface area contributed by atoms with Gasteiger partial charge in [0.2, 0.25) is 5.91 Å². The molecule has 2 fully saturated rings. The average molecular weight is 569 g/mol. The number of aromatic hydroxyl groups is 1. The Morgan fingerprint density at radius 3 is 2.30 bits per heavy atom. The first-order chi connectivity index (χ1) is 18.8. The summed E-state index contributed by atoms with van der Waals surface area (Å²) in [6, 6.07) is 9.02. The zero-order chi connectivity index (χ0) is 29.3. The zero-order valence-corrected chi connectivity index (χ0v) is 22.1. The molecule has 0 aromatic heterocycles. The molecule has 2 saturated carbocycles. The number of nitrogens with zero attached hydrogens (tertiary/aromatic N) is 1. The van der Waals surface area contributed by atoms with Gasteiger partial charge in [-0.15, -0.1) is 0 Å². The van der Waals surface area contributed by atoms with E-state index in [-0.39, 0.29) is 28.1 Å². The molecule has 0 bridgehead atoms. The molecule has 2 aromatic rings. The molecule has 7 atom stereocenters. The molecule has 0 aliphatic heterocycles. The second-order valence-corrected chi connectivity index (χ2v) is 10.9. The summed E-state index contributed by atoms with van der Waals surface area (Å²) in [6.45, 7) is 0. The van der Waals surface area contributed by atoms with Crippen molar-refractivity contribution >= 4 is 46.6 Å². The van der Waals surface area contributed by atoms with Crippen molar-refractivity contribution < 1.29 is 43.7 Å². The van der Waals surface area contributed by atoms with Crippen LogP contribution in [0.15, 0.2) is 42.5 Å². The molecule has 2 aromatic carbocycles. The lowest BCUT2D eigenvalue weighted by molar-refractivity contribution is -0.184. The third-order valence-electron chi connectivity index (χ3n) is 8.20. The summed E-state index contributed by atoms with van der Waals surface area (Å²) < 4.78 is 5.85. The summed E-state index contributed by atoms with van der Waals surface area (Å²) in [5, 5.41) is 22.3. The van der Waals surface area contributed by atoms with E-state index in [1.165, 1.54) is 37.2 Å². The highest BCUT2D eigenvalue weighted by atomic mass is 35.5. The fourth-order valence-electron chi connectivity index (χ4n) is 6.48. The van der Waals surface area contributed by atoms with Crippen LogP contribution in [0.5, 0.6) is 5.75 Å². The van der Waals surface area contributed by atoms with Crippen LogP contribution in [0.3, 0.4) is 0 Å². The molecule has 3 aliphatic carbocycles. The lowest BCUT2D eigenvalue weighted by Crippen LogP contribution is -2.74. The first kappa shape index (κ1) is 27.6. The minimum atomic E-state index is -2.92. The van der Waals surface area contributed by atoms with E-state index in [1.54, 1.807) is 18.2 Å². The van der Waals surface area contributed by atoms with Crippen LogP contribution in [0.2, 0.25) is 5.02 Å². The van der Waals surface area contributed by atoms with Crippen LogP contribution >= 0.6 is 11.6 Å². The van der Waals surface area contributed by atoms with Crippen molar-refractivity contribution in [2.24, 2.45) is 29.4 Å². The standard InChI is InChI=1S/C28H25ClN2O9/c1-31(2)20-13-10-12-16(24(35)28(13,39)25(36)19(22(20)34)26(30)37)21(33)18-15(32)9-8-14(29)17(18)23(12)40-27(38)11-6-4-3-5-7-11/h3-9,12-13,16,19-20,23,32,39H,10H2,1-2H3,(H2,30,37)/t12-,13-,16?,19?,20-,23+,28-/m0/s1. The van der Waals surface area contributed by atoms with Crippen molar-refractivity contribution in [3.8, 4) is 5.75 Å². The number of aliphatic hydroxyl groups is 1. The predicted octanol–water partition coefficient (Wildman–Crippen LogP) is 0.876. The maximum absolute atomic E-state index is 14.1. The summed E-state index contributed by atoms with van der Waals surface area (Å²) in [5.41, 5.74) is 2.16. The fourth-order valence-corrected chi connectivity index (χ4v) is 6.75. The van der Waals surface area contributed by atoms with E-state index in [0.29, 0.717) is 0 Å². The highest BCUT2D eigenvalue weighted by Gasteiger charge is 2.70. The predicted molar refractivity (Wildman–Crippen MR) is 137 cm³/mol. The molecule has 0 spiro atoms. The Morgan fingerprint density at radius 2 is 1.70 bits per heavy atom. The summed E-state index contributed by atoms with van der Waals surface area (Å²) in [5.74, 6) is -13.6. The molecule has 11 nitrogen and oxygen atoms in total. The summed E-state index contributed by atoms with van der Waals surface area (Å²) in [4.78, 5) is 81.2. The second-order valence-electron chi connectivity index (χ2n) is 10.5. The number of hydrogen-bond acceptors (Lipinski definition) is 10. The zero-order valence-electron chi connectivity index (χ0n) is 21.4. The van der Waals surface area contributed by atoms with Crippen LogP contribution < -0.4 is 5.73 Å². The number of amides is 1. The number of phenols is 1. The van der Waals surface area contributed by atoms with E-state index in [0.717, 1.165) is 6.07 Å². The van der Waals surface area contributed by atoms with Crippen molar-refractivity contribution in [2.45, 2.75) is 24.2 Å². The third kappa shape index (κ3) is 3.80. The van der Waals surface area contributed by atoms with Crippen molar-refractivity contribution in [1.29, 1.82) is 0 Å². The fraction of sp³-hybridized carbons (Fsp3) is 0.357. The van der Waals surface area contributed by atoms with Crippen molar-refractivity contribution in [3.05, 3.63) is 64.2 Å². The van der Waals surface area contributed by atoms with E-state index in [2.05, 4.69) is 0 Å². The number of carbonyl (C=O) groups excluding carboxylic acids is 6. The average Bonchev–Trinajstić information content (AvgIpc) is 2.90. The van der Waals surface area contributed by atoms with Crippen LogP contribution in [0.1, 0.15) is 38.8 Å². The van der Waals surface area contributed by atoms with E-state index in [1.807, 2.05) is 0 Å². The molecule has 0 saturated heterocycles. The largest absolute Gasteiger partial charge is 0.507 e. The highest BCUT2D eigenvalue weighted by molar-refractivity contribution is 6.34. The van der Waals surface area contributed by atoms with Gasteiger partial charge in [0.25, 0.3) is 0 Å². The Balaban J connectivity index is 1.70. The Bertz CT molecular complexity index is 1490. The van der Waals surface area contributed by atoms with Crippen molar-refractivity contribution in [2.75, 3.05) is 14.1 Å². The number of likely N-dealkylation sites (N-methyl/N-ethyl adjacent to an activating group) is 1. The van der Waals surface area contributed by atoms with Gasteiger partial charge >= 0.3 is 5.97 Å². The number of benzene rings is 2. The Kier molecular flexibility index (Phi) is 6.64. The third-order valence-corrected chi connectivity index (χ3v) is 8.53. The number of esters is 1. The maximum Gasteiger partial charge on any atom is 0.338 e. The van der Waals surface area contributed by atoms with Gasteiger partial charge in [0.05, 0.1) is 23.1 Å². The number of primary amides is 1. The van der Waals surface area contributed by atoms with E-state index in [4.69, 9.17) is 22.1 Å². The number of ether oxygens (including phenoxy) is 1. The van der Waals surface area contributed by atoms with Gasteiger partial charge in [0.15, 0.2) is 34.7 Å². The second kappa shape index (κ2) is 9.61. The number of rotatable bonds is 4. The minimum absolute atomic E-state index is 0.0208. The molecular formula is C28H25ClN2O9. The monoisotopic (exact) mass is 568 g/mol. The number of carbonyl (C=O) groups is 6. The summed E-state index contributed by atoms with van der Waals surface area (Å²) >= 11 is 6.46. The molecule has 12 heteroatoms. The molecule has 208 valence electrons. The van der Waals surface area contributed by atoms with Crippen LogP contribution in [0.4, 0.5) is 0 Å². The van der Waals surface area contributed by atoms with Gasteiger partial charge < -0.3 is 20.7 Å². The van der Waals surface area contributed by atoms with Crippen LogP contribution in [0.25, 0.3) is 0 Å². The molecule has 40 heavy (non-hydrogen) atoms. The molecule has 0 radical (unpaired) electrons. The molecule has 0 heterocycles. The number of halogens is 1. The minimum Gasteiger partial charge on any atom is -0.507 e. The SMILES string of the molecule is CN(C)[C@@H]1C(=O)C(C(N)=O)C(=O)[C@@]2(O)C(=O)C3C(=O)c4c(O)ccc(Cl)c4[C@H](OC(=O)c4ccccc4)[C@H]3C[C@@H]12. The van der Waals surface area contributed by atoms with E-state index < -0.39 is 82.2 Å². The lowest BCUT2D eigenvalue weighted by Gasteiger charge is -2.53. The molecular weight excluding hydrogens is 544 g/mol. The highest BCUT2D eigenvalue weighted by Crippen LogP contribution is 2.56. The van der Waals surface area contributed by atoms with Crippen molar-refractivity contribution in [3.63, 3.8) is 0 Å². The van der Waals surface area contributed by atoms with Gasteiger partial charge in [-0.25, -0.2) is 4.79 Å². The number of nitrogens with two attached hydrogens (primary N) is 1. The molecule has 1 amide bonds. The Morgan fingerprint density at radius 1 is 1.05 bits per heavy atom. The molecule has 2 unspecified atom stereocenters. The van der Waals surface area contributed by atoms with Gasteiger partial charge in [0.1, 0.15) is 11.9 Å². The quantitative estimate of drug-likeness (QED) is 0.353. The topological polar surface area (TPSA) is 181 Å². The Hall–Kier alpha value is -3.93. The van der Waals surface area contributed by atoms with Crippen LogP contribution in [-0.2, 0) is 23.9 Å². The van der Waals surface area contributed by atoms with Gasteiger partial charge in [-0.1, -0.05) is 29.8 Å². The summed E-state index contributed by atoms with van der Waals surface area (Å²) in [6.07, 6.45) is -1.69. The van der Waals surface area contributed by atoms with Gasteiger partial charge in [-0.3, -0.25) is 28.9 Å². The van der Waals surface area contributed by atoms with Crippen molar-refractivity contribution in [1.82, 2.24) is 4.90 Å². The van der Waals surface area contributed by atoms with E-state index in [9.17, 15) is 39.0 Å². The van der Waals surface area contributed by atoms with E-state index >= 15 is 0 Å². The van der Waals surface area contributed by atoms with Crippen LogP contribution in [0, 0.1) is 23.7 Å². The lowest BCUT2D eigenvalue weighted by atomic mass is 9.52. The van der Waals surface area contributed by atoms with Gasteiger partial charge in [-0.05, 0) is 44.8 Å². The Labute approximate surface area is 232 Å². The molecule has 4 N–H and O–H groups in total. The number of hydrogen-bond donors (Lipinski definition) is 3. The molecule has 3 aliphatic rings. The summed E-state index contributed by atoms with van der Waals surface area (Å²) in [7, 11) is 2.94. The normalized spacial score (nSPS) is 31.3. The number of Topliss-reactive ketones (excluding diaryl/α,β-unsaturated/α-hetero) is 4. The first-order valence-corrected chi connectivity index (χ1v) is 12.8.